The molecule has 2 aromatic rings. The number of benzene rings is 2. The lowest BCUT2D eigenvalue weighted by atomic mass is 9.66. The van der Waals surface area contributed by atoms with E-state index in [0.29, 0.717) is 34.3 Å². The second kappa shape index (κ2) is 6.98. The largest absolute Gasteiger partial charge is 0.493 e. The van der Waals surface area contributed by atoms with Gasteiger partial charge in [0.2, 0.25) is 12.5 Å². The van der Waals surface area contributed by atoms with Crippen LogP contribution in [-0.4, -0.2) is 45.8 Å². The second-order valence-corrected chi connectivity index (χ2v) is 7.50. The minimum Gasteiger partial charge on any atom is -0.493 e. The number of cyclic esters (lactones) is 1. The van der Waals surface area contributed by atoms with E-state index in [1.54, 1.807) is 13.2 Å². The van der Waals surface area contributed by atoms with Crippen molar-refractivity contribution in [1.82, 2.24) is 0 Å². The first-order valence-electron chi connectivity index (χ1n) is 9.66. The molecule has 0 bridgehead atoms. The van der Waals surface area contributed by atoms with E-state index in [-0.39, 0.29) is 25.2 Å². The van der Waals surface area contributed by atoms with E-state index < -0.39 is 18.0 Å². The van der Waals surface area contributed by atoms with Gasteiger partial charge in [0.25, 0.3) is 0 Å². The summed E-state index contributed by atoms with van der Waals surface area (Å²) in [5.41, 5.74) is 2.22. The average Bonchev–Trinajstić information content (AvgIpc) is 3.39. The van der Waals surface area contributed by atoms with Crippen LogP contribution in [0.25, 0.3) is 0 Å². The van der Waals surface area contributed by atoms with Crippen molar-refractivity contribution in [3.05, 3.63) is 41.0 Å². The van der Waals surface area contributed by atoms with Crippen molar-refractivity contribution in [2.75, 3.05) is 34.7 Å². The third-order valence-electron chi connectivity index (χ3n) is 6.21. The number of esters is 1. The molecule has 0 saturated carbocycles. The summed E-state index contributed by atoms with van der Waals surface area (Å²) in [6.07, 6.45) is -1.04. The fraction of sp³-hybridized carbons (Fsp3) is 0.409. The van der Waals surface area contributed by atoms with E-state index >= 15 is 0 Å². The molecule has 4 atom stereocenters. The van der Waals surface area contributed by atoms with Crippen LogP contribution in [0.5, 0.6) is 28.7 Å². The first-order valence-corrected chi connectivity index (χ1v) is 9.66. The predicted octanol–water partition coefficient (Wildman–Crippen LogP) is 2.41. The lowest BCUT2D eigenvalue weighted by molar-refractivity contribution is -0.144. The molecule has 30 heavy (non-hydrogen) atoms. The molecule has 8 nitrogen and oxygen atoms in total. The number of hydrogen-bond acceptors (Lipinski definition) is 8. The van der Waals surface area contributed by atoms with E-state index in [0.717, 1.165) is 11.1 Å². The van der Waals surface area contributed by atoms with Gasteiger partial charge in [0.05, 0.1) is 40.0 Å². The van der Waals surface area contributed by atoms with Gasteiger partial charge < -0.3 is 33.5 Å². The smallest absolute Gasteiger partial charge is 0.312 e. The van der Waals surface area contributed by atoms with Crippen LogP contribution in [0.2, 0.25) is 0 Å². The summed E-state index contributed by atoms with van der Waals surface area (Å²) < 4.78 is 33.2. The number of carbonyl (C=O) groups excluding carboxylic acids is 1. The van der Waals surface area contributed by atoms with Crippen LogP contribution in [0, 0.1) is 11.8 Å². The van der Waals surface area contributed by atoms with Crippen molar-refractivity contribution >= 4 is 5.97 Å². The summed E-state index contributed by atoms with van der Waals surface area (Å²) in [5.74, 6) is 0.976. The van der Waals surface area contributed by atoms with Crippen LogP contribution in [0.3, 0.4) is 0 Å². The summed E-state index contributed by atoms with van der Waals surface area (Å²) in [4.78, 5) is 12.5. The van der Waals surface area contributed by atoms with Crippen molar-refractivity contribution in [2.45, 2.75) is 12.0 Å². The Bertz CT molecular complexity index is 1020. The molecule has 8 heteroatoms. The summed E-state index contributed by atoms with van der Waals surface area (Å²) >= 11 is 0. The minimum atomic E-state index is -1.04. The number of hydrogen-bond donors (Lipinski definition) is 1. The molecule has 2 heterocycles. The lowest BCUT2D eigenvalue weighted by Gasteiger charge is -2.38. The van der Waals surface area contributed by atoms with E-state index in [9.17, 15) is 9.90 Å². The molecule has 3 aliphatic rings. The highest BCUT2D eigenvalue weighted by molar-refractivity contribution is 5.78. The van der Waals surface area contributed by atoms with Crippen molar-refractivity contribution < 1.29 is 38.3 Å². The van der Waals surface area contributed by atoms with Gasteiger partial charge in [-0.05, 0) is 29.3 Å². The maximum Gasteiger partial charge on any atom is 0.312 e. The second-order valence-electron chi connectivity index (χ2n) is 7.50. The molecule has 1 aliphatic carbocycles. The Morgan fingerprint density at radius 1 is 0.967 bits per heavy atom. The van der Waals surface area contributed by atoms with E-state index in [1.165, 1.54) is 14.2 Å². The normalized spacial score (nSPS) is 25.9. The highest BCUT2D eigenvalue weighted by Gasteiger charge is 2.53. The number of ether oxygens (including phenoxy) is 6. The van der Waals surface area contributed by atoms with Crippen LogP contribution < -0.4 is 23.7 Å². The van der Waals surface area contributed by atoms with Gasteiger partial charge in [-0.25, -0.2) is 0 Å². The maximum absolute atomic E-state index is 12.5. The van der Waals surface area contributed by atoms with Crippen LogP contribution in [0.4, 0.5) is 0 Å². The molecule has 0 unspecified atom stereocenters. The summed E-state index contributed by atoms with van der Waals surface area (Å²) in [5, 5.41) is 11.1. The number of rotatable bonds is 4. The topological polar surface area (TPSA) is 92.7 Å². The average molecular weight is 414 g/mol. The third-order valence-corrected chi connectivity index (χ3v) is 6.21. The van der Waals surface area contributed by atoms with Crippen LogP contribution in [0.1, 0.15) is 28.7 Å². The maximum atomic E-state index is 12.5. The molecular formula is C22H22O8. The zero-order valence-electron chi connectivity index (χ0n) is 16.8. The first kappa shape index (κ1) is 18.9. The molecule has 0 spiro atoms. The molecule has 0 aromatic heterocycles. The highest BCUT2D eigenvalue weighted by atomic mass is 16.7. The van der Waals surface area contributed by atoms with Gasteiger partial charge in [0.15, 0.2) is 23.0 Å². The lowest BCUT2D eigenvalue weighted by Crippen LogP contribution is -2.35. The zero-order valence-corrected chi connectivity index (χ0v) is 16.8. The van der Waals surface area contributed by atoms with Crippen molar-refractivity contribution in [1.29, 1.82) is 0 Å². The number of carbonyl (C=O) groups is 1. The number of methoxy groups -OCH3 is 3. The Labute approximate surface area is 173 Å². The van der Waals surface area contributed by atoms with E-state index in [4.69, 9.17) is 28.4 Å². The quantitative estimate of drug-likeness (QED) is 0.763. The van der Waals surface area contributed by atoms with E-state index in [1.807, 2.05) is 18.2 Å². The SMILES string of the molecule is COc1cc2c(c(OC)c1OC)[C@H](c1ccc3c(c1)OCO3)[C@@H]1COC(=O)[C@H]1[C@H]2O. The summed E-state index contributed by atoms with van der Waals surface area (Å²) in [6, 6.07) is 7.41. The van der Waals surface area contributed by atoms with Gasteiger partial charge in [-0.15, -0.1) is 0 Å². The van der Waals surface area contributed by atoms with Crippen molar-refractivity contribution in [3.8, 4) is 28.7 Å². The molecule has 1 saturated heterocycles. The van der Waals surface area contributed by atoms with Gasteiger partial charge in [0, 0.05) is 17.4 Å². The van der Waals surface area contributed by atoms with Crippen LogP contribution >= 0.6 is 0 Å². The van der Waals surface area contributed by atoms with Crippen LogP contribution in [0.15, 0.2) is 24.3 Å². The molecule has 1 fully saturated rings. The molecule has 0 radical (unpaired) electrons. The molecule has 2 aromatic carbocycles. The molecular weight excluding hydrogens is 392 g/mol. The first-order chi connectivity index (χ1) is 14.6. The van der Waals surface area contributed by atoms with Gasteiger partial charge in [-0.1, -0.05) is 6.07 Å². The Hall–Kier alpha value is -3.13. The Morgan fingerprint density at radius 2 is 1.73 bits per heavy atom. The third kappa shape index (κ3) is 2.53. The summed E-state index contributed by atoms with van der Waals surface area (Å²) in [7, 11) is 4.59. The molecule has 1 N–H and O–H groups in total. The van der Waals surface area contributed by atoms with Crippen molar-refractivity contribution in [2.24, 2.45) is 11.8 Å². The Morgan fingerprint density at radius 3 is 2.47 bits per heavy atom. The van der Waals surface area contributed by atoms with Gasteiger partial charge in [0.1, 0.15) is 0 Å². The summed E-state index contributed by atoms with van der Waals surface area (Å²) in [6.45, 7) is 0.372. The fourth-order valence-electron chi connectivity index (χ4n) is 4.91. The van der Waals surface area contributed by atoms with Gasteiger partial charge >= 0.3 is 5.97 Å². The van der Waals surface area contributed by atoms with Crippen LogP contribution in [-0.2, 0) is 9.53 Å². The molecule has 5 rings (SSSR count). The van der Waals surface area contributed by atoms with Crippen molar-refractivity contribution in [3.63, 3.8) is 0 Å². The standard InChI is InChI=1S/C22H22O8/c1-25-15-7-11-17(21(27-3)20(15)26-2)16(12-8-28-22(24)18(12)19(11)23)10-4-5-13-14(6-10)30-9-29-13/h4-7,12,16,18-19,23H,8-9H2,1-3H3/t12-,16+,18+,19-/m0/s1. The Balaban J connectivity index is 1.78. The highest BCUT2D eigenvalue weighted by Crippen LogP contribution is 2.58. The number of fused-ring (bicyclic) bond motifs is 3. The molecule has 158 valence electrons. The zero-order chi connectivity index (χ0) is 21.0. The predicted molar refractivity (Wildman–Crippen MR) is 103 cm³/mol. The van der Waals surface area contributed by atoms with E-state index in [2.05, 4.69) is 0 Å². The molecule has 0 amide bonds. The number of aliphatic hydroxyl groups is 1. The molecule has 2 aliphatic heterocycles. The Kier molecular flexibility index (Phi) is 4.39. The minimum absolute atomic E-state index is 0.167. The monoisotopic (exact) mass is 414 g/mol. The fourth-order valence-corrected chi connectivity index (χ4v) is 4.91. The van der Waals surface area contributed by atoms with Gasteiger partial charge in [-0.3, -0.25) is 4.79 Å². The van der Waals surface area contributed by atoms with Gasteiger partial charge in [-0.2, -0.15) is 0 Å². The number of aliphatic hydroxyl groups excluding tert-OH is 1.